The summed E-state index contributed by atoms with van der Waals surface area (Å²) < 4.78 is 18.0. The maximum absolute atomic E-state index is 5.71. The normalized spacial score (nSPS) is 12.0. The summed E-state index contributed by atoms with van der Waals surface area (Å²) in [6, 6.07) is 13.9. The van der Waals surface area contributed by atoms with Crippen LogP contribution >= 0.6 is 12.2 Å². The summed E-state index contributed by atoms with van der Waals surface area (Å²) in [7, 11) is 5.31. The lowest BCUT2D eigenvalue weighted by atomic mass is 10.1. The number of rotatable bonds is 7. The molecule has 1 atom stereocenters. The van der Waals surface area contributed by atoms with Crippen LogP contribution in [0.1, 0.15) is 11.1 Å². The summed E-state index contributed by atoms with van der Waals surface area (Å²) >= 11 is 5.36. The second kappa shape index (κ2) is 8.37. The number of aromatic nitrogens is 2. The van der Waals surface area contributed by atoms with E-state index in [0.29, 0.717) is 28.9 Å². The molecule has 6 nitrogen and oxygen atoms in total. The average molecular weight is 386 g/mol. The van der Waals surface area contributed by atoms with Crippen molar-refractivity contribution in [2.24, 2.45) is 0 Å². The van der Waals surface area contributed by atoms with Crippen molar-refractivity contribution in [3.05, 3.63) is 58.4 Å². The van der Waals surface area contributed by atoms with Crippen LogP contribution in [0.3, 0.4) is 0 Å². The molecule has 0 spiro atoms. The molecule has 3 rings (SSSR count). The Kier molecular flexibility index (Phi) is 5.93. The highest BCUT2D eigenvalue weighted by Crippen LogP contribution is 2.31. The number of hydrogen-bond acceptors (Lipinski definition) is 5. The maximum Gasteiger partial charge on any atom is 0.292 e. The van der Waals surface area contributed by atoms with Gasteiger partial charge in [-0.15, -0.1) is 5.10 Å². The lowest BCUT2D eigenvalue weighted by Gasteiger charge is -2.14. The minimum atomic E-state index is 0.351. The lowest BCUT2D eigenvalue weighted by Crippen LogP contribution is -3.07. The first-order chi connectivity index (χ1) is 13.0. The fraction of sp³-hybridized carbons (Fsp3) is 0.300. The van der Waals surface area contributed by atoms with Gasteiger partial charge in [0.1, 0.15) is 6.54 Å². The van der Waals surface area contributed by atoms with Crippen molar-refractivity contribution in [3.63, 3.8) is 0 Å². The highest BCUT2D eigenvalue weighted by molar-refractivity contribution is 7.71. The number of quaternary nitrogens is 1. The number of aryl methyl sites for hydroxylation is 1. The Hall–Kier alpha value is -2.64. The average Bonchev–Trinajstić information content (AvgIpc) is 3.03. The second-order valence-electron chi connectivity index (χ2n) is 6.46. The summed E-state index contributed by atoms with van der Waals surface area (Å²) in [5, 5.41) is 4.54. The largest absolute Gasteiger partial charge is 0.493 e. The summed E-state index contributed by atoms with van der Waals surface area (Å²) in [4.78, 5) is 1.61. The van der Waals surface area contributed by atoms with E-state index < -0.39 is 0 Å². The predicted molar refractivity (Wildman–Crippen MR) is 106 cm³/mol. The van der Waals surface area contributed by atoms with Gasteiger partial charge in [0.25, 0.3) is 4.84 Å². The fourth-order valence-electron chi connectivity index (χ4n) is 2.94. The number of methoxy groups -OCH3 is 2. The van der Waals surface area contributed by atoms with Gasteiger partial charge in [-0.2, -0.15) is 4.68 Å². The molecular formula is C20H24N3O3S+. The van der Waals surface area contributed by atoms with Gasteiger partial charge in [0.2, 0.25) is 5.89 Å². The Morgan fingerprint density at radius 3 is 2.56 bits per heavy atom. The van der Waals surface area contributed by atoms with Gasteiger partial charge < -0.3 is 18.8 Å². The molecular weight excluding hydrogens is 362 g/mol. The van der Waals surface area contributed by atoms with Gasteiger partial charge in [-0.1, -0.05) is 24.3 Å². The van der Waals surface area contributed by atoms with Gasteiger partial charge in [-0.05, 0) is 42.9 Å². The van der Waals surface area contributed by atoms with Crippen LogP contribution in [0.4, 0.5) is 0 Å². The molecule has 0 bridgehead atoms. The minimum Gasteiger partial charge on any atom is -0.493 e. The molecule has 0 aliphatic heterocycles. The molecule has 3 aromatic rings. The van der Waals surface area contributed by atoms with Gasteiger partial charge in [0.15, 0.2) is 18.2 Å². The molecule has 1 heterocycles. The first-order valence-electron chi connectivity index (χ1n) is 8.68. The summed E-state index contributed by atoms with van der Waals surface area (Å²) in [6.07, 6.45) is 0. The monoisotopic (exact) mass is 386 g/mol. The molecule has 0 aliphatic rings. The van der Waals surface area contributed by atoms with Crippen molar-refractivity contribution in [1.29, 1.82) is 0 Å². The third kappa shape index (κ3) is 4.37. The van der Waals surface area contributed by atoms with Crippen molar-refractivity contribution >= 4 is 12.2 Å². The topological polar surface area (TPSA) is 53.9 Å². The number of hydrogen-bond donors (Lipinski definition) is 1. The molecule has 2 aromatic carbocycles. The Labute approximate surface area is 163 Å². The van der Waals surface area contributed by atoms with E-state index in [0.717, 1.165) is 12.1 Å². The van der Waals surface area contributed by atoms with Crippen LogP contribution in [0.5, 0.6) is 11.5 Å². The molecule has 7 heteroatoms. The zero-order chi connectivity index (χ0) is 19.4. The van der Waals surface area contributed by atoms with Gasteiger partial charge in [0.05, 0.1) is 21.3 Å². The zero-order valence-electron chi connectivity index (χ0n) is 16.0. The van der Waals surface area contributed by atoms with Crippen LogP contribution in [-0.4, -0.2) is 31.0 Å². The Bertz CT molecular complexity index is 981. The van der Waals surface area contributed by atoms with E-state index >= 15 is 0 Å². The van der Waals surface area contributed by atoms with E-state index in [4.69, 9.17) is 26.1 Å². The molecule has 1 aromatic heterocycles. The SMILES string of the molecule is COc1ccc(-c2nn(C[NH+](C)Cc3ccccc3C)c(=S)o2)cc1OC. The number of ether oxygens (including phenoxy) is 2. The van der Waals surface area contributed by atoms with E-state index in [-0.39, 0.29) is 0 Å². The maximum atomic E-state index is 5.71. The van der Waals surface area contributed by atoms with Crippen LogP contribution in [0.2, 0.25) is 0 Å². The van der Waals surface area contributed by atoms with E-state index in [2.05, 4.69) is 43.3 Å². The summed E-state index contributed by atoms with van der Waals surface area (Å²) in [5.41, 5.74) is 3.38. The van der Waals surface area contributed by atoms with Crippen LogP contribution in [-0.2, 0) is 13.2 Å². The molecule has 142 valence electrons. The van der Waals surface area contributed by atoms with E-state index in [1.807, 2.05) is 18.2 Å². The van der Waals surface area contributed by atoms with Crippen LogP contribution in [0.25, 0.3) is 11.5 Å². The fourth-order valence-corrected chi connectivity index (χ4v) is 3.12. The zero-order valence-corrected chi connectivity index (χ0v) is 16.8. The van der Waals surface area contributed by atoms with Crippen LogP contribution in [0.15, 0.2) is 46.9 Å². The van der Waals surface area contributed by atoms with Crippen molar-refractivity contribution < 1.29 is 18.8 Å². The molecule has 1 unspecified atom stereocenters. The van der Waals surface area contributed by atoms with Gasteiger partial charge in [-0.3, -0.25) is 0 Å². The quantitative estimate of drug-likeness (QED) is 0.633. The molecule has 0 radical (unpaired) electrons. The lowest BCUT2D eigenvalue weighted by molar-refractivity contribution is -0.917. The van der Waals surface area contributed by atoms with Gasteiger partial charge >= 0.3 is 0 Å². The Morgan fingerprint density at radius 1 is 1.11 bits per heavy atom. The summed E-state index contributed by atoms with van der Waals surface area (Å²) in [5.74, 6) is 1.74. The second-order valence-corrected chi connectivity index (χ2v) is 6.81. The minimum absolute atomic E-state index is 0.351. The Balaban J connectivity index is 1.78. The van der Waals surface area contributed by atoms with Crippen LogP contribution < -0.4 is 14.4 Å². The number of benzene rings is 2. The molecule has 0 saturated carbocycles. The number of nitrogens with zero attached hydrogens (tertiary/aromatic N) is 2. The van der Waals surface area contributed by atoms with Crippen LogP contribution in [0, 0.1) is 11.8 Å². The van der Waals surface area contributed by atoms with Crippen molar-refractivity contribution in [2.45, 2.75) is 20.1 Å². The van der Waals surface area contributed by atoms with Crippen molar-refractivity contribution in [1.82, 2.24) is 9.78 Å². The van der Waals surface area contributed by atoms with Gasteiger partial charge in [0, 0.05) is 11.1 Å². The highest BCUT2D eigenvalue weighted by atomic mass is 32.1. The highest BCUT2D eigenvalue weighted by Gasteiger charge is 2.14. The van der Waals surface area contributed by atoms with Gasteiger partial charge in [-0.25, -0.2) is 0 Å². The molecule has 0 aliphatic carbocycles. The van der Waals surface area contributed by atoms with E-state index in [1.165, 1.54) is 16.0 Å². The first kappa shape index (κ1) is 19.1. The molecule has 27 heavy (non-hydrogen) atoms. The molecule has 0 saturated heterocycles. The van der Waals surface area contributed by atoms with Crippen molar-refractivity contribution in [3.8, 4) is 23.0 Å². The Morgan fingerprint density at radius 2 is 1.85 bits per heavy atom. The number of nitrogens with one attached hydrogen (secondary N) is 1. The first-order valence-corrected chi connectivity index (χ1v) is 9.08. The molecule has 0 fully saturated rings. The molecule has 1 N–H and O–H groups in total. The van der Waals surface area contributed by atoms with E-state index in [9.17, 15) is 0 Å². The predicted octanol–water partition coefficient (Wildman–Crippen LogP) is 2.87. The molecule has 0 amide bonds. The van der Waals surface area contributed by atoms with Crippen molar-refractivity contribution in [2.75, 3.05) is 21.3 Å². The third-order valence-corrected chi connectivity index (χ3v) is 4.70. The standard InChI is InChI=1S/C20H23N3O3S/c1-14-7-5-6-8-16(14)12-22(2)13-23-20(27)26-19(21-23)15-9-10-17(24-3)18(11-15)25-4/h5-11H,12-13H2,1-4H3/p+1. The smallest absolute Gasteiger partial charge is 0.292 e. The summed E-state index contributed by atoms with van der Waals surface area (Å²) in [6.45, 7) is 3.62. The third-order valence-electron chi connectivity index (χ3n) is 4.41. The van der Waals surface area contributed by atoms with E-state index in [1.54, 1.807) is 18.9 Å².